The van der Waals surface area contributed by atoms with Gasteiger partial charge in [-0.3, -0.25) is 5.43 Å². The van der Waals surface area contributed by atoms with E-state index in [0.29, 0.717) is 5.95 Å². The minimum atomic E-state index is 0.520. The number of fused-ring (bicyclic) bond motifs is 2. The highest BCUT2D eigenvalue weighted by Gasteiger charge is 2.37. The van der Waals surface area contributed by atoms with Crippen LogP contribution in [0.5, 0.6) is 0 Å². The van der Waals surface area contributed by atoms with E-state index in [-0.39, 0.29) is 0 Å². The average Bonchev–Trinajstić information content (AvgIpc) is 3.08. The second kappa shape index (κ2) is 4.56. The molecular formula is C14H19N5S. The van der Waals surface area contributed by atoms with Crippen molar-refractivity contribution in [3.05, 3.63) is 10.9 Å². The summed E-state index contributed by atoms with van der Waals surface area (Å²) in [5, 5.41) is 1.17. The molecule has 0 spiro atoms. The maximum atomic E-state index is 5.52. The molecule has 2 aromatic heterocycles. The molecule has 4 rings (SSSR count). The van der Waals surface area contributed by atoms with Crippen molar-refractivity contribution in [1.82, 2.24) is 9.97 Å². The largest absolute Gasteiger partial charge is 0.355 e. The Morgan fingerprint density at radius 1 is 1.30 bits per heavy atom. The van der Waals surface area contributed by atoms with E-state index in [9.17, 15) is 0 Å². The summed E-state index contributed by atoms with van der Waals surface area (Å²) < 4.78 is 0. The Morgan fingerprint density at radius 2 is 2.05 bits per heavy atom. The average molecular weight is 289 g/mol. The predicted octanol–water partition coefficient (Wildman–Crippen LogP) is 2.52. The molecule has 0 amide bonds. The molecule has 3 N–H and O–H groups in total. The molecule has 0 bridgehead atoms. The van der Waals surface area contributed by atoms with Gasteiger partial charge < -0.3 is 4.90 Å². The first kappa shape index (κ1) is 12.3. The third-order valence-electron chi connectivity index (χ3n) is 4.65. The number of aryl methyl sites for hydroxylation is 1. The summed E-state index contributed by atoms with van der Waals surface area (Å²) in [7, 11) is 0. The number of nitrogens with two attached hydrogens (primary N) is 1. The van der Waals surface area contributed by atoms with Crippen molar-refractivity contribution in [3.63, 3.8) is 0 Å². The summed E-state index contributed by atoms with van der Waals surface area (Å²) in [6.45, 7) is 4.38. The molecule has 20 heavy (non-hydrogen) atoms. The molecular weight excluding hydrogens is 270 g/mol. The molecule has 2 atom stereocenters. The first-order valence-electron chi connectivity index (χ1n) is 7.24. The molecule has 6 heteroatoms. The van der Waals surface area contributed by atoms with E-state index in [0.717, 1.165) is 35.6 Å². The molecule has 106 valence electrons. The van der Waals surface area contributed by atoms with Crippen molar-refractivity contribution < 1.29 is 0 Å². The van der Waals surface area contributed by atoms with Gasteiger partial charge in [-0.2, -0.15) is 4.98 Å². The number of nitrogens with one attached hydrogen (secondary N) is 1. The van der Waals surface area contributed by atoms with Crippen LogP contribution < -0.4 is 16.2 Å². The molecule has 1 saturated carbocycles. The quantitative estimate of drug-likeness (QED) is 0.657. The molecule has 2 aromatic rings. The zero-order chi connectivity index (χ0) is 13.7. The fourth-order valence-corrected chi connectivity index (χ4v) is 4.61. The number of hydrogen-bond acceptors (Lipinski definition) is 6. The topological polar surface area (TPSA) is 67.1 Å². The van der Waals surface area contributed by atoms with E-state index in [1.165, 1.54) is 29.5 Å². The Hall–Kier alpha value is -1.40. The third-order valence-corrected chi connectivity index (χ3v) is 5.60. The number of nitrogens with zero attached hydrogens (tertiary/aromatic N) is 3. The smallest absolute Gasteiger partial charge is 0.240 e. The van der Waals surface area contributed by atoms with Gasteiger partial charge >= 0.3 is 0 Å². The normalized spacial score (nSPS) is 25.4. The van der Waals surface area contributed by atoms with E-state index in [4.69, 9.17) is 5.84 Å². The monoisotopic (exact) mass is 289 g/mol. The Kier molecular flexibility index (Phi) is 2.82. The van der Waals surface area contributed by atoms with Crippen molar-refractivity contribution in [1.29, 1.82) is 0 Å². The second-order valence-electron chi connectivity index (χ2n) is 5.95. The molecule has 2 unspecified atom stereocenters. The lowest BCUT2D eigenvalue weighted by Crippen LogP contribution is -2.23. The Morgan fingerprint density at radius 3 is 2.75 bits per heavy atom. The standard InChI is InChI=1S/C14H19N5S/c1-8-5-11-12(16-14(18-15)17-13(11)20-8)19-6-9-3-2-4-10(9)7-19/h5,9-10H,2-4,6-7,15H2,1H3,(H,16,17,18). The number of hydrogen-bond donors (Lipinski definition) is 2. The fourth-order valence-electron chi connectivity index (χ4n) is 3.74. The summed E-state index contributed by atoms with van der Waals surface area (Å²) in [6, 6.07) is 2.20. The molecule has 0 radical (unpaired) electrons. The van der Waals surface area contributed by atoms with Gasteiger partial charge in [0.15, 0.2) is 0 Å². The van der Waals surface area contributed by atoms with Gasteiger partial charge in [0.2, 0.25) is 5.95 Å². The predicted molar refractivity (Wildman–Crippen MR) is 83.0 cm³/mol. The van der Waals surface area contributed by atoms with Gasteiger partial charge in [0.1, 0.15) is 10.6 Å². The van der Waals surface area contributed by atoms with Gasteiger partial charge in [0.05, 0.1) is 5.39 Å². The zero-order valence-corrected chi connectivity index (χ0v) is 12.4. The lowest BCUT2D eigenvalue weighted by atomic mass is 10.0. The van der Waals surface area contributed by atoms with Gasteiger partial charge in [0, 0.05) is 18.0 Å². The van der Waals surface area contributed by atoms with Crippen LogP contribution in [0.2, 0.25) is 0 Å². The Labute approximate surface area is 122 Å². The van der Waals surface area contributed by atoms with Crippen LogP contribution in [0, 0.1) is 18.8 Å². The number of rotatable bonds is 2. The van der Waals surface area contributed by atoms with E-state index in [1.807, 2.05) is 0 Å². The fraction of sp³-hybridized carbons (Fsp3) is 0.571. The van der Waals surface area contributed by atoms with Crippen molar-refractivity contribution >= 4 is 33.3 Å². The van der Waals surface area contributed by atoms with Crippen LogP contribution in [-0.2, 0) is 0 Å². The zero-order valence-electron chi connectivity index (χ0n) is 11.6. The molecule has 5 nitrogen and oxygen atoms in total. The van der Waals surface area contributed by atoms with Crippen LogP contribution in [0.25, 0.3) is 10.2 Å². The second-order valence-corrected chi connectivity index (χ2v) is 7.18. The third kappa shape index (κ3) is 1.86. The molecule has 1 aliphatic carbocycles. The highest BCUT2D eigenvalue weighted by Crippen LogP contribution is 2.41. The minimum absolute atomic E-state index is 0.520. The lowest BCUT2D eigenvalue weighted by Gasteiger charge is -2.19. The Balaban J connectivity index is 1.78. The van der Waals surface area contributed by atoms with Crippen LogP contribution in [0.15, 0.2) is 6.07 Å². The van der Waals surface area contributed by atoms with Crippen LogP contribution >= 0.6 is 11.3 Å². The molecule has 2 fully saturated rings. The highest BCUT2D eigenvalue weighted by atomic mass is 32.1. The van der Waals surface area contributed by atoms with Crippen LogP contribution in [0.1, 0.15) is 24.1 Å². The summed E-state index contributed by atoms with van der Waals surface area (Å²) in [5.41, 5.74) is 2.60. The van der Waals surface area contributed by atoms with E-state index in [1.54, 1.807) is 11.3 Å². The molecule has 2 aliphatic rings. The van der Waals surface area contributed by atoms with E-state index >= 15 is 0 Å². The van der Waals surface area contributed by atoms with Crippen molar-refractivity contribution in [3.8, 4) is 0 Å². The van der Waals surface area contributed by atoms with Crippen molar-refractivity contribution in [2.75, 3.05) is 23.4 Å². The number of thiophene rings is 1. The van der Waals surface area contributed by atoms with Crippen molar-refractivity contribution in [2.24, 2.45) is 17.7 Å². The molecule has 1 saturated heterocycles. The number of hydrazine groups is 1. The highest BCUT2D eigenvalue weighted by molar-refractivity contribution is 7.18. The van der Waals surface area contributed by atoms with Crippen LogP contribution in [0.4, 0.5) is 11.8 Å². The van der Waals surface area contributed by atoms with E-state index in [2.05, 4.69) is 33.3 Å². The summed E-state index contributed by atoms with van der Waals surface area (Å²) >= 11 is 1.70. The summed E-state index contributed by atoms with van der Waals surface area (Å²) in [5.74, 6) is 8.81. The first-order chi connectivity index (χ1) is 9.74. The van der Waals surface area contributed by atoms with Crippen molar-refractivity contribution in [2.45, 2.75) is 26.2 Å². The maximum absolute atomic E-state index is 5.52. The van der Waals surface area contributed by atoms with Crippen LogP contribution in [0.3, 0.4) is 0 Å². The maximum Gasteiger partial charge on any atom is 0.240 e. The molecule has 0 aromatic carbocycles. The SMILES string of the molecule is Cc1cc2c(N3CC4CCCC4C3)nc(NN)nc2s1. The number of aromatic nitrogens is 2. The van der Waals surface area contributed by atoms with E-state index < -0.39 is 0 Å². The van der Waals surface area contributed by atoms with Gasteiger partial charge in [-0.05, 0) is 37.7 Å². The van der Waals surface area contributed by atoms with Gasteiger partial charge in [0.25, 0.3) is 0 Å². The van der Waals surface area contributed by atoms with Gasteiger partial charge in [-0.15, -0.1) is 11.3 Å². The van der Waals surface area contributed by atoms with Gasteiger partial charge in [-0.1, -0.05) is 6.42 Å². The number of anilines is 2. The van der Waals surface area contributed by atoms with Gasteiger partial charge in [-0.25, -0.2) is 10.8 Å². The molecule has 3 heterocycles. The number of nitrogen functional groups attached to an aromatic ring is 1. The first-order valence-corrected chi connectivity index (χ1v) is 8.06. The summed E-state index contributed by atoms with van der Waals surface area (Å²) in [4.78, 5) is 13.8. The summed E-state index contributed by atoms with van der Waals surface area (Å²) in [6.07, 6.45) is 4.15. The minimum Gasteiger partial charge on any atom is -0.355 e. The molecule has 1 aliphatic heterocycles. The lowest BCUT2D eigenvalue weighted by molar-refractivity contribution is 0.494. The van der Waals surface area contributed by atoms with Crippen LogP contribution in [-0.4, -0.2) is 23.1 Å². The Bertz CT molecular complexity index is 640.